The molecule has 0 bridgehead atoms. The van der Waals surface area contributed by atoms with E-state index in [4.69, 9.17) is 0 Å². The molecule has 1 nitrogen and oxygen atoms in total. The lowest BCUT2D eigenvalue weighted by Gasteiger charge is -2.13. The summed E-state index contributed by atoms with van der Waals surface area (Å²) in [5.41, 5.74) is 2.59. The Morgan fingerprint density at radius 2 is 1.93 bits per heavy atom. The van der Waals surface area contributed by atoms with E-state index >= 15 is 0 Å². The van der Waals surface area contributed by atoms with Crippen LogP contribution in [0.1, 0.15) is 32.6 Å². The molecule has 1 fully saturated rings. The lowest BCUT2D eigenvalue weighted by atomic mass is 9.64. The zero-order valence-electron chi connectivity index (χ0n) is 10.2. The summed E-state index contributed by atoms with van der Waals surface area (Å²) in [6.07, 6.45) is 6.45. The van der Waals surface area contributed by atoms with Crippen LogP contribution >= 0.6 is 0 Å². The fraction of sp³-hybridized carbons (Fsp3) is 0.692. The van der Waals surface area contributed by atoms with E-state index in [9.17, 15) is 0 Å². The van der Waals surface area contributed by atoms with Gasteiger partial charge in [0.2, 0.25) is 0 Å². The van der Waals surface area contributed by atoms with Crippen LogP contribution in [0, 0.1) is 0 Å². The van der Waals surface area contributed by atoms with Gasteiger partial charge in [-0.05, 0) is 52.2 Å². The second kappa shape index (κ2) is 6.89. The molecule has 0 amide bonds. The monoisotopic (exact) mass is 205 g/mol. The van der Waals surface area contributed by atoms with E-state index in [2.05, 4.69) is 25.0 Å². The van der Waals surface area contributed by atoms with E-state index in [1.165, 1.54) is 63.5 Å². The van der Waals surface area contributed by atoms with E-state index in [1.54, 1.807) is 0 Å². The Labute approximate surface area is 95.5 Å². The van der Waals surface area contributed by atoms with E-state index in [0.29, 0.717) is 0 Å². The topological polar surface area (TPSA) is 3.24 Å². The number of nitrogens with zero attached hydrogens (tertiary/aromatic N) is 1. The Morgan fingerprint density at radius 3 is 2.53 bits per heavy atom. The van der Waals surface area contributed by atoms with Gasteiger partial charge in [-0.15, -0.1) is 12.1 Å². The Hall–Kier alpha value is -0.495. The van der Waals surface area contributed by atoms with Crippen molar-refractivity contribution in [3.05, 3.63) is 24.2 Å². The Bertz CT molecular complexity index is 217. The first-order valence-corrected chi connectivity index (χ1v) is 6.22. The van der Waals surface area contributed by atoms with E-state index in [-0.39, 0.29) is 0 Å². The summed E-state index contributed by atoms with van der Waals surface area (Å²) in [7, 11) is 1.18. The Balaban J connectivity index is 1.96. The summed E-state index contributed by atoms with van der Waals surface area (Å²) in [4.78, 5) is 2.58. The molecule has 84 valence electrons. The summed E-state index contributed by atoms with van der Waals surface area (Å²) >= 11 is 0. The van der Waals surface area contributed by atoms with Crippen molar-refractivity contribution in [3.8, 4) is 0 Å². The third kappa shape index (κ3) is 5.83. The van der Waals surface area contributed by atoms with Crippen LogP contribution in [-0.4, -0.2) is 31.8 Å². The van der Waals surface area contributed by atoms with Crippen molar-refractivity contribution in [2.75, 3.05) is 19.6 Å². The highest BCUT2D eigenvalue weighted by molar-refractivity contribution is 6.45. The smallest absolute Gasteiger partial charge is 0.152 e. The zero-order valence-corrected chi connectivity index (χ0v) is 10.2. The number of allylic oxidation sites excluding steroid dienone is 2. The summed E-state index contributed by atoms with van der Waals surface area (Å²) in [6.45, 7) is 14.0. The van der Waals surface area contributed by atoms with Gasteiger partial charge in [-0.2, -0.15) is 0 Å². The van der Waals surface area contributed by atoms with Crippen LogP contribution in [0.3, 0.4) is 0 Å². The standard InChI is InChI=1S/C13H24BN/c1-12(2)11-13(3)14-7-6-10-15-8-4-5-9-15/h14H,1,3-11H2,2H3. The van der Waals surface area contributed by atoms with Gasteiger partial charge in [0.15, 0.2) is 7.28 Å². The molecule has 1 rings (SSSR count). The Kier molecular flexibility index (Phi) is 5.78. The number of likely N-dealkylation sites (tertiary alicyclic amines) is 1. The molecule has 0 radical (unpaired) electrons. The molecule has 15 heavy (non-hydrogen) atoms. The van der Waals surface area contributed by atoms with Crippen LogP contribution in [0.15, 0.2) is 24.2 Å². The molecule has 0 saturated carbocycles. The van der Waals surface area contributed by atoms with Gasteiger partial charge in [0.25, 0.3) is 0 Å². The van der Waals surface area contributed by atoms with Gasteiger partial charge in [-0.1, -0.05) is 18.5 Å². The maximum Gasteiger partial charge on any atom is 0.152 e. The van der Waals surface area contributed by atoms with Crippen LogP contribution in [0.4, 0.5) is 0 Å². The van der Waals surface area contributed by atoms with E-state index < -0.39 is 0 Å². The fourth-order valence-electron chi connectivity index (χ4n) is 2.23. The highest BCUT2D eigenvalue weighted by Crippen LogP contribution is 2.10. The highest BCUT2D eigenvalue weighted by Gasteiger charge is 2.10. The van der Waals surface area contributed by atoms with Crippen LogP contribution < -0.4 is 0 Å². The molecule has 0 N–H and O–H groups in total. The lowest BCUT2D eigenvalue weighted by molar-refractivity contribution is 0.339. The lowest BCUT2D eigenvalue weighted by Crippen LogP contribution is -2.20. The molecule has 0 aromatic rings. The zero-order chi connectivity index (χ0) is 11.1. The second-order valence-electron chi connectivity index (χ2n) is 4.89. The fourth-order valence-corrected chi connectivity index (χ4v) is 2.23. The van der Waals surface area contributed by atoms with Gasteiger partial charge < -0.3 is 4.90 Å². The van der Waals surface area contributed by atoms with Crippen molar-refractivity contribution >= 4 is 7.28 Å². The molecule has 1 saturated heterocycles. The summed E-state index contributed by atoms with van der Waals surface area (Å²) in [5.74, 6) is 0. The highest BCUT2D eigenvalue weighted by atomic mass is 15.1. The molecule has 1 heterocycles. The molecule has 0 aliphatic carbocycles. The van der Waals surface area contributed by atoms with E-state index in [1.807, 2.05) is 0 Å². The van der Waals surface area contributed by atoms with Crippen LogP contribution in [0.5, 0.6) is 0 Å². The minimum absolute atomic E-state index is 1.02. The minimum atomic E-state index is 1.02. The average molecular weight is 205 g/mol. The molecule has 1 aliphatic heterocycles. The van der Waals surface area contributed by atoms with Crippen molar-refractivity contribution in [1.82, 2.24) is 4.90 Å². The number of hydrogen-bond acceptors (Lipinski definition) is 1. The third-order valence-electron chi connectivity index (χ3n) is 3.01. The maximum absolute atomic E-state index is 4.09. The molecule has 0 aromatic heterocycles. The quantitative estimate of drug-likeness (QED) is 0.351. The first-order chi connectivity index (χ1) is 7.18. The summed E-state index contributed by atoms with van der Waals surface area (Å²) in [6, 6.07) is 0. The third-order valence-corrected chi connectivity index (χ3v) is 3.01. The molecule has 0 unspecified atom stereocenters. The predicted octanol–water partition coefficient (Wildman–Crippen LogP) is 2.81. The SMILES string of the molecule is C=C(C)CC(=C)BCCCN1CCCC1. The van der Waals surface area contributed by atoms with Crippen LogP contribution in [0.2, 0.25) is 6.32 Å². The first kappa shape index (κ1) is 12.6. The normalized spacial score (nSPS) is 16.6. The maximum atomic E-state index is 4.09. The molecular weight excluding hydrogens is 181 g/mol. The van der Waals surface area contributed by atoms with Crippen LogP contribution in [0.25, 0.3) is 0 Å². The second-order valence-corrected chi connectivity index (χ2v) is 4.89. The van der Waals surface area contributed by atoms with Crippen molar-refractivity contribution in [3.63, 3.8) is 0 Å². The minimum Gasteiger partial charge on any atom is -0.303 e. The van der Waals surface area contributed by atoms with Crippen molar-refractivity contribution in [2.45, 2.75) is 38.9 Å². The Morgan fingerprint density at radius 1 is 1.27 bits per heavy atom. The number of rotatable bonds is 7. The molecule has 0 atom stereocenters. The van der Waals surface area contributed by atoms with Gasteiger partial charge in [-0.25, -0.2) is 0 Å². The molecule has 0 spiro atoms. The molecule has 2 heteroatoms. The number of hydrogen-bond donors (Lipinski definition) is 0. The summed E-state index contributed by atoms with van der Waals surface area (Å²) < 4.78 is 0. The van der Waals surface area contributed by atoms with E-state index in [0.717, 1.165) is 6.42 Å². The molecule has 0 aromatic carbocycles. The predicted molar refractivity (Wildman–Crippen MR) is 70.8 cm³/mol. The largest absolute Gasteiger partial charge is 0.303 e. The average Bonchev–Trinajstić information content (AvgIpc) is 2.63. The van der Waals surface area contributed by atoms with Crippen molar-refractivity contribution < 1.29 is 0 Å². The molecular formula is C13H24BN. The van der Waals surface area contributed by atoms with Gasteiger partial charge >= 0.3 is 0 Å². The van der Waals surface area contributed by atoms with Gasteiger partial charge in [0.05, 0.1) is 0 Å². The van der Waals surface area contributed by atoms with Crippen molar-refractivity contribution in [2.24, 2.45) is 0 Å². The van der Waals surface area contributed by atoms with Gasteiger partial charge in [0.1, 0.15) is 0 Å². The summed E-state index contributed by atoms with van der Waals surface area (Å²) in [5, 5.41) is 0. The molecule has 1 aliphatic rings. The first-order valence-electron chi connectivity index (χ1n) is 6.22. The van der Waals surface area contributed by atoms with Crippen molar-refractivity contribution in [1.29, 1.82) is 0 Å². The van der Waals surface area contributed by atoms with Gasteiger partial charge in [0, 0.05) is 0 Å². The van der Waals surface area contributed by atoms with Gasteiger partial charge in [-0.3, -0.25) is 0 Å². The van der Waals surface area contributed by atoms with Crippen LogP contribution in [-0.2, 0) is 0 Å².